The van der Waals surface area contributed by atoms with Gasteiger partial charge in [0.1, 0.15) is 0 Å². The Hall–Kier alpha value is -2.10. The lowest BCUT2D eigenvalue weighted by atomic mass is 9.53. The van der Waals surface area contributed by atoms with Gasteiger partial charge < -0.3 is 9.84 Å². The largest absolute Gasteiger partial charge is 0.510 e. The number of carboxylic acid groups (broad SMARTS) is 1. The smallest absolute Gasteiger partial charge is 0.449 e. The van der Waals surface area contributed by atoms with Crippen LogP contribution in [0.1, 0.15) is 39.0 Å². The van der Waals surface area contributed by atoms with Gasteiger partial charge in [-0.3, -0.25) is 4.79 Å². The predicted octanol–water partition coefficient (Wildman–Crippen LogP) is 4.89. The van der Waals surface area contributed by atoms with Crippen LogP contribution in [0.15, 0.2) is 48.3 Å². The first-order chi connectivity index (χ1) is 12.4. The minimum absolute atomic E-state index is 0.0899. The van der Waals surface area contributed by atoms with Crippen LogP contribution in [0.3, 0.4) is 0 Å². The van der Waals surface area contributed by atoms with Gasteiger partial charge in [0.2, 0.25) is 0 Å². The second-order valence-electron chi connectivity index (χ2n) is 8.56. The van der Waals surface area contributed by atoms with Gasteiger partial charge in [-0.05, 0) is 72.5 Å². The Balaban J connectivity index is 1.61. The van der Waals surface area contributed by atoms with Crippen LogP contribution in [0.4, 0.5) is 4.79 Å². The first kappa shape index (κ1) is 17.3. The van der Waals surface area contributed by atoms with Crippen LogP contribution in [0, 0.1) is 35.0 Å². The Labute approximate surface area is 154 Å². The zero-order valence-electron chi connectivity index (χ0n) is 15.2. The van der Waals surface area contributed by atoms with Crippen molar-refractivity contribution in [1.82, 2.24) is 0 Å². The fraction of sp³-hybridized carbons (Fsp3) is 0.545. The molecule has 6 atom stereocenters. The topological polar surface area (TPSA) is 63.6 Å². The minimum Gasteiger partial charge on any atom is -0.449 e. The van der Waals surface area contributed by atoms with Gasteiger partial charge in [-0.15, -0.1) is 0 Å². The standard InChI is InChI=1S/C22H26O4/c1-13-11-20-18-5-3-14-12-15(23)4-6-16(14)17(18)7-9-22(20,2)19(13)8-10-26-21(24)25/h3,5,8,10,12,16-20H,1,4,6-7,9,11H2,2H3,(H,24,25)/b10-8-/t16-,17+,18+,19+,20-,22+/m0/s1. The monoisotopic (exact) mass is 354 g/mol. The third-order valence-corrected chi connectivity index (χ3v) is 7.38. The number of hydrogen-bond acceptors (Lipinski definition) is 3. The lowest BCUT2D eigenvalue weighted by molar-refractivity contribution is -0.115. The molecule has 4 aliphatic rings. The number of carbonyl (C=O) groups excluding carboxylic acids is 1. The zero-order chi connectivity index (χ0) is 18.5. The van der Waals surface area contributed by atoms with Gasteiger partial charge in [-0.25, -0.2) is 4.79 Å². The summed E-state index contributed by atoms with van der Waals surface area (Å²) in [6.45, 7) is 6.62. The zero-order valence-corrected chi connectivity index (χ0v) is 15.2. The van der Waals surface area contributed by atoms with Crippen LogP contribution in [0.2, 0.25) is 0 Å². The minimum atomic E-state index is -1.28. The van der Waals surface area contributed by atoms with Crippen LogP contribution in [0.25, 0.3) is 0 Å². The fourth-order valence-electron chi connectivity index (χ4n) is 6.19. The van der Waals surface area contributed by atoms with E-state index in [1.807, 2.05) is 12.2 Å². The molecule has 0 spiro atoms. The summed E-state index contributed by atoms with van der Waals surface area (Å²) in [4.78, 5) is 22.4. The van der Waals surface area contributed by atoms with E-state index >= 15 is 0 Å². The molecule has 26 heavy (non-hydrogen) atoms. The Kier molecular flexibility index (Phi) is 4.17. The summed E-state index contributed by atoms with van der Waals surface area (Å²) in [6, 6.07) is 0. The first-order valence-corrected chi connectivity index (χ1v) is 9.56. The molecule has 4 nitrogen and oxygen atoms in total. The van der Waals surface area contributed by atoms with Gasteiger partial charge in [-0.1, -0.05) is 31.2 Å². The molecule has 0 aromatic carbocycles. The average molecular weight is 354 g/mol. The molecule has 0 aromatic rings. The predicted molar refractivity (Wildman–Crippen MR) is 98.3 cm³/mol. The second-order valence-corrected chi connectivity index (χ2v) is 8.56. The number of hydrogen-bond donors (Lipinski definition) is 1. The molecule has 4 heteroatoms. The van der Waals surface area contributed by atoms with E-state index in [1.165, 1.54) is 17.4 Å². The molecule has 4 rings (SSSR count). The highest BCUT2D eigenvalue weighted by Crippen LogP contribution is 2.63. The number of fused-ring (bicyclic) bond motifs is 5. The van der Waals surface area contributed by atoms with Crippen molar-refractivity contribution < 1.29 is 19.4 Å². The number of rotatable bonds is 2. The number of ether oxygens (including phenoxy) is 1. The number of allylic oxidation sites excluding steroid dienone is 6. The van der Waals surface area contributed by atoms with E-state index in [0.29, 0.717) is 30.1 Å². The van der Waals surface area contributed by atoms with E-state index < -0.39 is 6.16 Å². The molecule has 0 aliphatic heterocycles. The lowest BCUT2D eigenvalue weighted by Crippen LogP contribution is -2.44. The highest BCUT2D eigenvalue weighted by Gasteiger charge is 2.55. The van der Waals surface area contributed by atoms with E-state index in [9.17, 15) is 9.59 Å². The van der Waals surface area contributed by atoms with E-state index in [4.69, 9.17) is 5.11 Å². The quantitative estimate of drug-likeness (QED) is 0.435. The van der Waals surface area contributed by atoms with Crippen LogP contribution in [-0.4, -0.2) is 17.0 Å². The molecule has 1 N–H and O–H groups in total. The summed E-state index contributed by atoms with van der Waals surface area (Å²) in [5, 5.41) is 8.70. The van der Waals surface area contributed by atoms with Crippen LogP contribution >= 0.6 is 0 Å². The summed E-state index contributed by atoms with van der Waals surface area (Å²) in [5.41, 5.74) is 2.50. The molecule has 4 aliphatic carbocycles. The summed E-state index contributed by atoms with van der Waals surface area (Å²) < 4.78 is 4.61. The molecule has 0 unspecified atom stereocenters. The molecular weight excluding hydrogens is 328 g/mol. The van der Waals surface area contributed by atoms with Gasteiger partial charge in [0.15, 0.2) is 5.78 Å². The Morgan fingerprint density at radius 3 is 3.00 bits per heavy atom. The Morgan fingerprint density at radius 1 is 1.42 bits per heavy atom. The molecule has 0 saturated heterocycles. The average Bonchev–Trinajstić information content (AvgIpc) is 2.85. The molecule has 138 valence electrons. The van der Waals surface area contributed by atoms with Crippen molar-refractivity contribution in [3.63, 3.8) is 0 Å². The normalized spacial score (nSPS) is 41.4. The van der Waals surface area contributed by atoms with Crippen molar-refractivity contribution in [2.24, 2.45) is 35.0 Å². The third-order valence-electron chi connectivity index (χ3n) is 7.38. The molecule has 0 heterocycles. The Morgan fingerprint density at radius 2 is 2.23 bits per heavy atom. The molecule has 2 fully saturated rings. The second kappa shape index (κ2) is 6.26. The fourth-order valence-corrected chi connectivity index (χ4v) is 6.19. The molecule has 0 bridgehead atoms. The summed E-state index contributed by atoms with van der Waals surface area (Å²) in [5.74, 6) is 2.58. The van der Waals surface area contributed by atoms with E-state index in [-0.39, 0.29) is 17.1 Å². The molecular formula is C22H26O4. The molecule has 2 saturated carbocycles. The number of carbonyl (C=O) groups is 2. The van der Waals surface area contributed by atoms with Crippen molar-refractivity contribution in [3.05, 3.63) is 48.3 Å². The van der Waals surface area contributed by atoms with Crippen molar-refractivity contribution in [2.45, 2.75) is 39.0 Å². The van der Waals surface area contributed by atoms with Gasteiger partial charge >= 0.3 is 6.16 Å². The molecule has 0 aromatic heterocycles. The SMILES string of the molecule is C=C1C[C@H]2[C@@H]3C=CC4=CC(=O)CC[C@@H]4[C@H]3CC[C@]2(C)[C@@H]1/C=C\OC(=O)O. The van der Waals surface area contributed by atoms with Crippen molar-refractivity contribution in [3.8, 4) is 0 Å². The van der Waals surface area contributed by atoms with Crippen molar-refractivity contribution in [1.29, 1.82) is 0 Å². The highest BCUT2D eigenvalue weighted by molar-refractivity contribution is 5.91. The summed E-state index contributed by atoms with van der Waals surface area (Å²) in [6.07, 6.45) is 13.2. The number of ketones is 1. The van der Waals surface area contributed by atoms with E-state index in [1.54, 1.807) is 0 Å². The van der Waals surface area contributed by atoms with Gasteiger partial charge in [0, 0.05) is 12.3 Å². The maximum atomic E-state index is 11.8. The van der Waals surface area contributed by atoms with Crippen molar-refractivity contribution >= 4 is 11.9 Å². The van der Waals surface area contributed by atoms with E-state index in [2.05, 4.69) is 30.4 Å². The van der Waals surface area contributed by atoms with Gasteiger partial charge in [-0.2, -0.15) is 0 Å². The molecule has 0 amide bonds. The molecule has 0 radical (unpaired) electrons. The van der Waals surface area contributed by atoms with Gasteiger partial charge in [0.05, 0.1) is 6.26 Å². The Bertz CT molecular complexity index is 743. The van der Waals surface area contributed by atoms with Crippen LogP contribution < -0.4 is 0 Å². The van der Waals surface area contributed by atoms with E-state index in [0.717, 1.165) is 25.7 Å². The first-order valence-electron chi connectivity index (χ1n) is 9.56. The maximum absolute atomic E-state index is 11.8. The van der Waals surface area contributed by atoms with Gasteiger partial charge in [0.25, 0.3) is 0 Å². The summed E-state index contributed by atoms with van der Waals surface area (Å²) in [7, 11) is 0. The highest BCUT2D eigenvalue weighted by atomic mass is 16.7. The third kappa shape index (κ3) is 2.67. The van der Waals surface area contributed by atoms with Crippen LogP contribution in [0.5, 0.6) is 0 Å². The van der Waals surface area contributed by atoms with Crippen LogP contribution in [-0.2, 0) is 9.53 Å². The lowest BCUT2D eigenvalue weighted by Gasteiger charge is -2.51. The summed E-state index contributed by atoms with van der Waals surface area (Å²) >= 11 is 0. The van der Waals surface area contributed by atoms with Crippen molar-refractivity contribution in [2.75, 3.05) is 0 Å². The maximum Gasteiger partial charge on any atom is 0.510 e.